The van der Waals surface area contributed by atoms with Crippen molar-refractivity contribution in [2.75, 3.05) is 7.11 Å². The van der Waals surface area contributed by atoms with Crippen molar-refractivity contribution in [1.29, 1.82) is 5.26 Å². The minimum atomic E-state index is -0.628. The minimum absolute atomic E-state index is 0.263. The Labute approximate surface area is 222 Å². The normalized spacial score (nSPS) is 12.1. The zero-order chi connectivity index (χ0) is 26.7. The first-order valence-corrected chi connectivity index (χ1v) is 12.5. The molecule has 0 radical (unpaired) electrons. The van der Waals surface area contributed by atoms with Crippen LogP contribution in [0.3, 0.4) is 0 Å². The van der Waals surface area contributed by atoms with Gasteiger partial charge in [0.25, 0.3) is 5.91 Å². The molecular weight excluding hydrogens is 474 g/mol. The predicted octanol–water partition coefficient (Wildman–Crippen LogP) is 5.38. The van der Waals surface area contributed by atoms with E-state index in [1.165, 1.54) is 7.11 Å². The number of hydrogen-bond acceptors (Lipinski definition) is 5. The lowest BCUT2D eigenvalue weighted by molar-refractivity contribution is -0.146. The van der Waals surface area contributed by atoms with Crippen LogP contribution in [0, 0.1) is 17.2 Å². The second kappa shape index (κ2) is 13.0. The average molecular weight is 504 g/mol. The number of hydrogen-bond donors (Lipinski definition) is 1. The fourth-order valence-electron chi connectivity index (χ4n) is 4.50. The van der Waals surface area contributed by atoms with Crippen LogP contribution >= 0.6 is 0 Å². The summed E-state index contributed by atoms with van der Waals surface area (Å²) >= 11 is 0. The van der Waals surface area contributed by atoms with Crippen LogP contribution in [0.5, 0.6) is 0 Å². The molecule has 38 heavy (non-hydrogen) atoms. The van der Waals surface area contributed by atoms with Crippen molar-refractivity contribution in [3.63, 3.8) is 0 Å². The standard InChI is InChI=1S/C32H29N3O3/c1-38-32(37)29(20-24-9-5-10-25(19-24)21-33)30(17-12-23-7-3-2-4-8-23)35-31(36)27-15-13-26(14-16-27)28-11-6-18-34-22-28/h2-11,13-16,18-19,22,29-30H,12,17,20H2,1H3,(H,35,36)/t29-,30?/m1/s1. The molecule has 4 aromatic rings. The molecule has 1 heterocycles. The molecule has 190 valence electrons. The smallest absolute Gasteiger partial charge is 0.311 e. The Balaban J connectivity index is 1.58. The molecule has 0 spiro atoms. The largest absolute Gasteiger partial charge is 0.469 e. The molecule has 0 aliphatic carbocycles. The van der Waals surface area contributed by atoms with E-state index in [9.17, 15) is 14.9 Å². The molecule has 0 saturated heterocycles. The second-order valence-electron chi connectivity index (χ2n) is 9.07. The third-order valence-electron chi connectivity index (χ3n) is 6.55. The number of aryl methyl sites for hydroxylation is 1. The number of nitrogens with zero attached hydrogens (tertiary/aromatic N) is 2. The lowest BCUT2D eigenvalue weighted by atomic mass is 9.87. The third-order valence-corrected chi connectivity index (χ3v) is 6.55. The zero-order valence-corrected chi connectivity index (χ0v) is 21.2. The number of carbonyl (C=O) groups excluding carboxylic acids is 2. The number of ether oxygens (including phenoxy) is 1. The Kier molecular flexibility index (Phi) is 8.98. The van der Waals surface area contributed by atoms with Crippen molar-refractivity contribution in [2.45, 2.75) is 25.3 Å². The summed E-state index contributed by atoms with van der Waals surface area (Å²) in [6, 6.07) is 29.9. The Morgan fingerprint density at radius 2 is 1.68 bits per heavy atom. The number of methoxy groups -OCH3 is 1. The second-order valence-corrected chi connectivity index (χ2v) is 9.07. The molecule has 1 aromatic heterocycles. The zero-order valence-electron chi connectivity index (χ0n) is 21.2. The fraction of sp³-hybridized carbons (Fsp3) is 0.188. The first-order valence-electron chi connectivity index (χ1n) is 12.5. The van der Waals surface area contributed by atoms with Crippen LogP contribution in [0.25, 0.3) is 11.1 Å². The summed E-state index contributed by atoms with van der Waals surface area (Å²) < 4.78 is 5.17. The van der Waals surface area contributed by atoms with Gasteiger partial charge in [-0.25, -0.2) is 0 Å². The highest BCUT2D eigenvalue weighted by Crippen LogP contribution is 2.22. The lowest BCUT2D eigenvalue weighted by Gasteiger charge is -2.27. The number of benzene rings is 3. The molecule has 0 aliphatic rings. The molecule has 0 aliphatic heterocycles. The molecule has 1 unspecified atom stereocenters. The number of esters is 1. The van der Waals surface area contributed by atoms with Gasteiger partial charge in [0.05, 0.1) is 24.7 Å². The topological polar surface area (TPSA) is 92.1 Å². The van der Waals surface area contributed by atoms with Gasteiger partial charge in [0.15, 0.2) is 0 Å². The van der Waals surface area contributed by atoms with Crippen molar-refractivity contribution < 1.29 is 14.3 Å². The maximum absolute atomic E-state index is 13.4. The molecule has 0 bridgehead atoms. The van der Waals surface area contributed by atoms with Crippen molar-refractivity contribution in [1.82, 2.24) is 10.3 Å². The molecule has 6 heteroatoms. The molecule has 0 saturated carbocycles. The summed E-state index contributed by atoms with van der Waals surface area (Å²) in [5.41, 5.74) is 4.88. The number of amides is 1. The Hall–Kier alpha value is -4.76. The quantitative estimate of drug-likeness (QED) is 0.293. The molecule has 0 fully saturated rings. The first kappa shape index (κ1) is 26.3. The summed E-state index contributed by atoms with van der Waals surface area (Å²) in [4.78, 5) is 30.5. The highest BCUT2D eigenvalue weighted by molar-refractivity contribution is 5.95. The Bertz CT molecular complexity index is 1400. The van der Waals surface area contributed by atoms with Crippen LogP contribution in [0.4, 0.5) is 0 Å². The van der Waals surface area contributed by atoms with E-state index in [2.05, 4.69) is 16.4 Å². The van der Waals surface area contributed by atoms with Gasteiger partial charge in [-0.2, -0.15) is 5.26 Å². The van der Waals surface area contributed by atoms with Crippen LogP contribution in [-0.2, 0) is 22.4 Å². The highest BCUT2D eigenvalue weighted by atomic mass is 16.5. The van der Waals surface area contributed by atoms with E-state index >= 15 is 0 Å². The van der Waals surface area contributed by atoms with Gasteiger partial charge in [-0.05, 0) is 71.8 Å². The Morgan fingerprint density at radius 3 is 2.37 bits per heavy atom. The molecule has 3 aromatic carbocycles. The van der Waals surface area contributed by atoms with Gasteiger partial charge in [0, 0.05) is 24.0 Å². The summed E-state index contributed by atoms with van der Waals surface area (Å²) in [7, 11) is 1.36. The number of pyridine rings is 1. The SMILES string of the molecule is COC(=O)[C@H](Cc1cccc(C#N)c1)C(CCc1ccccc1)NC(=O)c1ccc(-c2cccnc2)cc1. The van der Waals surface area contributed by atoms with Crippen LogP contribution < -0.4 is 5.32 Å². The summed E-state index contributed by atoms with van der Waals surface area (Å²) in [5, 5.41) is 12.4. The summed E-state index contributed by atoms with van der Waals surface area (Å²) in [6.07, 6.45) is 5.05. The van der Waals surface area contributed by atoms with E-state index in [1.54, 1.807) is 42.7 Å². The van der Waals surface area contributed by atoms with E-state index in [1.807, 2.05) is 60.7 Å². The van der Waals surface area contributed by atoms with Crippen LogP contribution in [-0.4, -0.2) is 30.0 Å². The average Bonchev–Trinajstić information content (AvgIpc) is 2.98. The van der Waals surface area contributed by atoms with Crippen molar-refractivity contribution in [2.24, 2.45) is 5.92 Å². The van der Waals surface area contributed by atoms with Crippen molar-refractivity contribution in [3.8, 4) is 17.2 Å². The van der Waals surface area contributed by atoms with E-state index in [0.29, 0.717) is 30.4 Å². The van der Waals surface area contributed by atoms with Gasteiger partial charge < -0.3 is 10.1 Å². The first-order chi connectivity index (χ1) is 18.6. The van der Waals surface area contributed by atoms with Gasteiger partial charge in [-0.3, -0.25) is 14.6 Å². The minimum Gasteiger partial charge on any atom is -0.469 e. The maximum atomic E-state index is 13.4. The highest BCUT2D eigenvalue weighted by Gasteiger charge is 2.31. The molecule has 1 amide bonds. The van der Waals surface area contributed by atoms with E-state index < -0.39 is 17.9 Å². The monoisotopic (exact) mass is 503 g/mol. The van der Waals surface area contributed by atoms with Gasteiger partial charge in [-0.15, -0.1) is 0 Å². The van der Waals surface area contributed by atoms with E-state index in [-0.39, 0.29) is 5.91 Å². The summed E-state index contributed by atoms with van der Waals surface area (Å²) in [5.74, 6) is -1.30. The van der Waals surface area contributed by atoms with Crippen molar-refractivity contribution >= 4 is 11.9 Å². The molecule has 1 N–H and O–H groups in total. The van der Waals surface area contributed by atoms with Gasteiger partial charge in [0.2, 0.25) is 0 Å². The van der Waals surface area contributed by atoms with Crippen LogP contribution in [0.2, 0.25) is 0 Å². The molecular formula is C32H29N3O3. The number of aromatic nitrogens is 1. The lowest BCUT2D eigenvalue weighted by Crippen LogP contribution is -2.45. The molecule has 4 rings (SSSR count). The number of nitrogens with one attached hydrogen (secondary N) is 1. The Morgan fingerprint density at radius 1 is 0.921 bits per heavy atom. The van der Waals surface area contributed by atoms with E-state index in [0.717, 1.165) is 22.3 Å². The molecule has 6 nitrogen and oxygen atoms in total. The number of rotatable bonds is 10. The molecule has 2 atom stereocenters. The van der Waals surface area contributed by atoms with Crippen LogP contribution in [0.15, 0.2) is 103 Å². The predicted molar refractivity (Wildman–Crippen MR) is 146 cm³/mol. The van der Waals surface area contributed by atoms with Crippen LogP contribution in [0.1, 0.15) is 33.5 Å². The van der Waals surface area contributed by atoms with Gasteiger partial charge in [0.1, 0.15) is 0 Å². The summed E-state index contributed by atoms with van der Waals surface area (Å²) in [6.45, 7) is 0. The number of nitriles is 1. The fourth-order valence-corrected chi connectivity index (χ4v) is 4.50. The van der Waals surface area contributed by atoms with Gasteiger partial charge >= 0.3 is 5.97 Å². The third kappa shape index (κ3) is 6.92. The van der Waals surface area contributed by atoms with Crippen molar-refractivity contribution in [3.05, 3.63) is 126 Å². The van der Waals surface area contributed by atoms with Gasteiger partial charge in [-0.1, -0.05) is 60.7 Å². The maximum Gasteiger partial charge on any atom is 0.311 e. The van der Waals surface area contributed by atoms with E-state index in [4.69, 9.17) is 4.74 Å². The number of carbonyl (C=O) groups is 2.